The third kappa shape index (κ3) is 3.02. The van der Waals surface area contributed by atoms with E-state index in [0.717, 1.165) is 48.5 Å². The van der Waals surface area contributed by atoms with Gasteiger partial charge >= 0.3 is 0 Å². The van der Waals surface area contributed by atoms with Crippen molar-refractivity contribution >= 4 is 16.9 Å². The minimum Gasteiger partial charge on any atom is -0.342 e. The van der Waals surface area contributed by atoms with Crippen LogP contribution >= 0.6 is 0 Å². The van der Waals surface area contributed by atoms with Gasteiger partial charge in [-0.05, 0) is 50.5 Å². The number of fused-ring (bicyclic) bond motifs is 1. The number of nitrogens with zero attached hydrogens (tertiary/aromatic N) is 3. The smallest absolute Gasteiger partial charge is 0.255 e. The largest absolute Gasteiger partial charge is 0.342 e. The third-order valence-corrected chi connectivity index (χ3v) is 5.06. The lowest BCUT2D eigenvalue weighted by atomic mass is 9.95. The molecule has 128 valence electrons. The fourth-order valence-corrected chi connectivity index (χ4v) is 3.52. The zero-order valence-electron chi connectivity index (χ0n) is 14.6. The molecule has 2 aromatic heterocycles. The number of para-hydroxylation sites is 1. The Bertz CT molecular complexity index is 905. The summed E-state index contributed by atoms with van der Waals surface area (Å²) in [7, 11) is 0. The summed E-state index contributed by atoms with van der Waals surface area (Å²) in [4.78, 5) is 27.0. The molecule has 0 radical (unpaired) electrons. The number of amides is 1. The Labute approximate surface area is 147 Å². The minimum atomic E-state index is 0.0754. The highest BCUT2D eigenvalue weighted by molar-refractivity contribution is 5.94. The Kier molecular flexibility index (Phi) is 3.99. The van der Waals surface area contributed by atoms with Gasteiger partial charge in [0.15, 0.2) is 0 Å². The number of likely N-dealkylation sites (tertiary alicyclic amines) is 1. The number of rotatable bonds is 2. The van der Waals surface area contributed by atoms with Gasteiger partial charge in [-0.2, -0.15) is 0 Å². The van der Waals surface area contributed by atoms with Crippen LogP contribution in [0.25, 0.3) is 11.0 Å². The summed E-state index contributed by atoms with van der Waals surface area (Å²) in [6.07, 6.45) is 3.54. The van der Waals surface area contributed by atoms with Crippen molar-refractivity contribution in [2.24, 2.45) is 0 Å². The van der Waals surface area contributed by atoms with Crippen molar-refractivity contribution in [3.8, 4) is 0 Å². The molecule has 1 aliphatic rings. The van der Waals surface area contributed by atoms with Crippen LogP contribution in [0.15, 0.2) is 36.5 Å². The first kappa shape index (κ1) is 15.8. The average molecular weight is 334 g/mol. The highest BCUT2D eigenvalue weighted by atomic mass is 16.2. The Morgan fingerprint density at radius 1 is 1.16 bits per heavy atom. The van der Waals surface area contributed by atoms with Crippen LogP contribution in [0.2, 0.25) is 0 Å². The summed E-state index contributed by atoms with van der Waals surface area (Å²) < 4.78 is 0. The number of piperidine rings is 1. The van der Waals surface area contributed by atoms with Gasteiger partial charge in [0.2, 0.25) is 0 Å². The Balaban J connectivity index is 1.46. The molecule has 0 spiro atoms. The van der Waals surface area contributed by atoms with Gasteiger partial charge in [-0.25, -0.2) is 4.98 Å². The number of benzene rings is 1. The van der Waals surface area contributed by atoms with Crippen LogP contribution in [0.3, 0.4) is 0 Å². The molecule has 5 heteroatoms. The van der Waals surface area contributed by atoms with E-state index in [2.05, 4.69) is 35.1 Å². The van der Waals surface area contributed by atoms with Crippen molar-refractivity contribution < 1.29 is 4.79 Å². The monoisotopic (exact) mass is 334 g/mol. The maximum absolute atomic E-state index is 12.6. The number of H-pyrrole nitrogens is 1. The molecule has 4 rings (SSSR count). The molecule has 1 aromatic carbocycles. The number of carbonyl (C=O) groups is 1. The van der Waals surface area contributed by atoms with Crippen molar-refractivity contribution in [2.75, 3.05) is 13.1 Å². The van der Waals surface area contributed by atoms with E-state index in [-0.39, 0.29) is 5.91 Å². The molecule has 0 unspecified atom stereocenters. The summed E-state index contributed by atoms with van der Waals surface area (Å²) in [6, 6.07) is 9.96. The van der Waals surface area contributed by atoms with E-state index in [0.29, 0.717) is 11.5 Å². The Hall–Kier alpha value is -2.69. The Morgan fingerprint density at radius 3 is 2.64 bits per heavy atom. The molecule has 5 nitrogen and oxygen atoms in total. The highest BCUT2D eigenvalue weighted by Crippen LogP contribution is 2.29. The van der Waals surface area contributed by atoms with Crippen molar-refractivity contribution in [1.29, 1.82) is 0 Å². The zero-order chi connectivity index (χ0) is 17.4. The molecule has 0 aliphatic carbocycles. The molecule has 1 saturated heterocycles. The maximum atomic E-state index is 12.6. The first-order valence-electron chi connectivity index (χ1n) is 8.79. The number of carbonyl (C=O) groups excluding carboxylic acids is 1. The summed E-state index contributed by atoms with van der Waals surface area (Å²) in [5.74, 6) is 1.51. The van der Waals surface area contributed by atoms with Gasteiger partial charge in [0.05, 0.1) is 16.6 Å². The van der Waals surface area contributed by atoms with Crippen LogP contribution in [-0.4, -0.2) is 38.8 Å². The van der Waals surface area contributed by atoms with Crippen molar-refractivity contribution in [3.05, 3.63) is 59.2 Å². The molecule has 0 bridgehead atoms. The lowest BCUT2D eigenvalue weighted by Crippen LogP contribution is -2.38. The van der Waals surface area contributed by atoms with E-state index in [1.165, 1.54) is 5.56 Å². The first-order valence-corrected chi connectivity index (χ1v) is 8.79. The molecule has 3 aromatic rings. The fourth-order valence-electron chi connectivity index (χ4n) is 3.52. The number of imidazole rings is 1. The van der Waals surface area contributed by atoms with Crippen LogP contribution in [-0.2, 0) is 0 Å². The third-order valence-electron chi connectivity index (χ3n) is 5.06. The second kappa shape index (κ2) is 6.31. The molecule has 0 atom stereocenters. The summed E-state index contributed by atoms with van der Waals surface area (Å²) in [5.41, 5.74) is 4.94. The van der Waals surface area contributed by atoms with Gasteiger partial charge in [-0.1, -0.05) is 12.1 Å². The van der Waals surface area contributed by atoms with Crippen LogP contribution in [0.4, 0.5) is 0 Å². The van der Waals surface area contributed by atoms with Crippen LogP contribution < -0.4 is 0 Å². The summed E-state index contributed by atoms with van der Waals surface area (Å²) in [6.45, 7) is 5.53. The second-order valence-corrected chi connectivity index (χ2v) is 6.85. The number of hydrogen-bond donors (Lipinski definition) is 1. The van der Waals surface area contributed by atoms with E-state index >= 15 is 0 Å². The number of hydrogen-bond acceptors (Lipinski definition) is 3. The predicted octanol–water partition coefficient (Wildman–Crippen LogP) is 3.59. The molecule has 0 saturated carbocycles. The molecular weight excluding hydrogens is 312 g/mol. The highest BCUT2D eigenvalue weighted by Gasteiger charge is 2.26. The van der Waals surface area contributed by atoms with Crippen molar-refractivity contribution in [1.82, 2.24) is 19.9 Å². The van der Waals surface area contributed by atoms with E-state index in [9.17, 15) is 4.79 Å². The molecule has 25 heavy (non-hydrogen) atoms. The molecule has 1 aliphatic heterocycles. The van der Waals surface area contributed by atoms with Crippen LogP contribution in [0.5, 0.6) is 0 Å². The van der Waals surface area contributed by atoms with Gasteiger partial charge in [-0.3, -0.25) is 9.78 Å². The Morgan fingerprint density at radius 2 is 1.96 bits per heavy atom. The van der Waals surface area contributed by atoms with Crippen molar-refractivity contribution in [2.45, 2.75) is 32.6 Å². The van der Waals surface area contributed by atoms with Gasteiger partial charge in [0, 0.05) is 30.9 Å². The van der Waals surface area contributed by atoms with E-state index < -0.39 is 0 Å². The summed E-state index contributed by atoms with van der Waals surface area (Å²) in [5, 5.41) is 0. The first-order chi connectivity index (χ1) is 12.1. The fraction of sp³-hybridized carbons (Fsp3) is 0.350. The molecular formula is C20H22N4O. The predicted molar refractivity (Wildman–Crippen MR) is 97.7 cm³/mol. The molecule has 3 heterocycles. The molecule has 1 N–H and O–H groups in total. The standard InChI is InChI=1S/C20H22N4O/c1-13-4-3-5-17-18(13)23-19(22-17)15-8-10-24(11-9-15)20(25)16-7-6-14(2)21-12-16/h3-7,12,15H,8-11H2,1-2H3,(H,22,23). The quantitative estimate of drug-likeness (QED) is 0.779. The maximum Gasteiger partial charge on any atom is 0.255 e. The average Bonchev–Trinajstić information content (AvgIpc) is 3.08. The zero-order valence-corrected chi connectivity index (χ0v) is 14.6. The van der Waals surface area contributed by atoms with E-state index in [1.54, 1.807) is 6.20 Å². The number of nitrogens with one attached hydrogen (secondary N) is 1. The number of aromatic nitrogens is 3. The topological polar surface area (TPSA) is 61.9 Å². The molecule has 1 amide bonds. The lowest BCUT2D eigenvalue weighted by molar-refractivity contribution is 0.0711. The number of pyridine rings is 1. The van der Waals surface area contributed by atoms with Gasteiger partial charge in [-0.15, -0.1) is 0 Å². The lowest BCUT2D eigenvalue weighted by Gasteiger charge is -2.31. The normalized spacial score (nSPS) is 15.7. The number of aromatic amines is 1. The number of aryl methyl sites for hydroxylation is 2. The van der Waals surface area contributed by atoms with Gasteiger partial charge in [0.25, 0.3) is 5.91 Å². The minimum absolute atomic E-state index is 0.0754. The second-order valence-electron chi connectivity index (χ2n) is 6.85. The summed E-state index contributed by atoms with van der Waals surface area (Å²) >= 11 is 0. The van der Waals surface area contributed by atoms with E-state index in [1.807, 2.05) is 24.0 Å². The van der Waals surface area contributed by atoms with E-state index in [4.69, 9.17) is 4.98 Å². The molecule has 1 fully saturated rings. The van der Waals surface area contributed by atoms with Gasteiger partial charge < -0.3 is 9.88 Å². The van der Waals surface area contributed by atoms with Crippen LogP contribution in [0, 0.1) is 13.8 Å². The van der Waals surface area contributed by atoms with Crippen molar-refractivity contribution in [3.63, 3.8) is 0 Å². The van der Waals surface area contributed by atoms with Crippen LogP contribution in [0.1, 0.15) is 46.2 Å². The SMILES string of the molecule is Cc1ccc(C(=O)N2CCC(c3nc4c(C)cccc4[nH]3)CC2)cn1. The van der Waals surface area contributed by atoms with Gasteiger partial charge in [0.1, 0.15) is 5.82 Å².